The number of anilines is 1. The normalized spacial score (nSPS) is 29.0. The second kappa shape index (κ2) is 7.31. The van der Waals surface area contributed by atoms with Gasteiger partial charge in [0, 0.05) is 5.48 Å². The van der Waals surface area contributed by atoms with Crippen LogP contribution >= 0.6 is 11.6 Å². The number of rotatable bonds is 5. The predicted octanol–water partition coefficient (Wildman–Crippen LogP) is 3.26. The standard InChI is InChI=1S/C15H17ClFNO4S/c1-2-22-15(19)11-5-3-4-6-14(11)23(20,21)18-13-8-7-10(17)9-12(13)16/h5,7-9,14,18H,2-4,6H2,1H3/i3D2,6D2,14D. The third-order valence-corrected chi connectivity index (χ3v) is 4.48. The molecule has 1 atom stereocenters. The molecule has 1 unspecified atom stereocenters. The van der Waals surface area contributed by atoms with Crippen LogP contribution in [0.15, 0.2) is 29.8 Å². The Morgan fingerprint density at radius 2 is 2.35 bits per heavy atom. The van der Waals surface area contributed by atoms with Gasteiger partial charge in [-0.05, 0) is 44.3 Å². The van der Waals surface area contributed by atoms with Crippen LogP contribution in [-0.4, -0.2) is 26.2 Å². The number of benzene rings is 1. The summed E-state index contributed by atoms with van der Waals surface area (Å²) in [6.07, 6.45) is -5.82. The van der Waals surface area contributed by atoms with Crippen molar-refractivity contribution < 1.29 is 29.2 Å². The van der Waals surface area contributed by atoms with Gasteiger partial charge in [0.15, 0.2) is 0 Å². The van der Waals surface area contributed by atoms with Crippen LogP contribution in [0.4, 0.5) is 10.1 Å². The Kier molecular flexibility index (Phi) is 3.77. The Hall–Kier alpha value is -1.60. The fraction of sp³-hybridized carbons (Fsp3) is 0.400. The topological polar surface area (TPSA) is 72.5 Å². The maximum Gasteiger partial charge on any atom is 0.335 e. The van der Waals surface area contributed by atoms with E-state index < -0.39 is 51.8 Å². The molecular weight excluding hydrogens is 345 g/mol. The number of halogens is 2. The van der Waals surface area contributed by atoms with E-state index in [0.29, 0.717) is 6.08 Å². The van der Waals surface area contributed by atoms with Gasteiger partial charge >= 0.3 is 5.97 Å². The molecule has 126 valence electrons. The fourth-order valence-corrected chi connectivity index (χ4v) is 3.35. The van der Waals surface area contributed by atoms with E-state index in [-0.39, 0.29) is 17.3 Å². The SMILES string of the molecule is [2H]C1([2H])C=C(C(=O)OCC)C([2H])(S(=O)(=O)Nc2ccc(F)cc2Cl)C([2H])([2H])C1. The van der Waals surface area contributed by atoms with E-state index in [0.717, 1.165) is 18.2 Å². The molecule has 0 spiro atoms. The number of sulfonamides is 1. The summed E-state index contributed by atoms with van der Waals surface area (Å²) in [5, 5.41) is -3.60. The lowest BCUT2D eigenvalue weighted by atomic mass is 9.99. The molecule has 0 aliphatic heterocycles. The van der Waals surface area contributed by atoms with Gasteiger partial charge in [-0.3, -0.25) is 4.72 Å². The van der Waals surface area contributed by atoms with Crippen molar-refractivity contribution in [3.63, 3.8) is 0 Å². The molecule has 1 aromatic carbocycles. The fourth-order valence-electron chi connectivity index (χ4n) is 1.81. The molecule has 8 heteroatoms. The van der Waals surface area contributed by atoms with Gasteiger partial charge in [0.1, 0.15) is 11.0 Å². The molecule has 0 heterocycles. The molecule has 2 rings (SSSR count). The molecule has 5 nitrogen and oxygen atoms in total. The van der Waals surface area contributed by atoms with Crippen molar-refractivity contribution in [1.82, 2.24) is 0 Å². The van der Waals surface area contributed by atoms with Crippen LogP contribution in [0.1, 0.15) is 32.9 Å². The van der Waals surface area contributed by atoms with Crippen molar-refractivity contribution in [3.8, 4) is 0 Å². The molecule has 1 aliphatic carbocycles. The second-order valence-corrected chi connectivity index (χ2v) is 6.42. The summed E-state index contributed by atoms with van der Waals surface area (Å²) < 4.78 is 86.0. The summed E-state index contributed by atoms with van der Waals surface area (Å²) in [6.45, 7) is 1.22. The van der Waals surface area contributed by atoms with Crippen molar-refractivity contribution in [1.29, 1.82) is 0 Å². The highest BCUT2D eigenvalue weighted by Gasteiger charge is 2.35. The largest absolute Gasteiger partial charge is 0.463 e. The minimum absolute atomic E-state index is 0.199. The van der Waals surface area contributed by atoms with Gasteiger partial charge in [-0.1, -0.05) is 17.7 Å². The molecular formula is C15H17ClFNO4S. The number of hydrogen-bond donors (Lipinski definition) is 1. The zero-order valence-corrected chi connectivity index (χ0v) is 13.6. The first-order valence-corrected chi connectivity index (χ1v) is 8.41. The maximum atomic E-state index is 13.2. The predicted molar refractivity (Wildman–Crippen MR) is 86.3 cm³/mol. The molecule has 1 aromatic rings. The maximum absolute atomic E-state index is 13.2. The first-order valence-electron chi connectivity index (χ1n) is 9.05. The summed E-state index contributed by atoms with van der Waals surface area (Å²) in [7, 11) is -5.04. The minimum atomic E-state index is -5.04. The van der Waals surface area contributed by atoms with E-state index in [1.807, 2.05) is 4.72 Å². The van der Waals surface area contributed by atoms with Crippen LogP contribution in [0.3, 0.4) is 0 Å². The lowest BCUT2D eigenvalue weighted by Gasteiger charge is -2.24. The van der Waals surface area contributed by atoms with Crippen molar-refractivity contribution in [3.05, 3.63) is 40.7 Å². The Labute approximate surface area is 146 Å². The molecule has 0 fully saturated rings. The quantitative estimate of drug-likeness (QED) is 0.812. The van der Waals surface area contributed by atoms with Crippen LogP contribution in [0.5, 0.6) is 0 Å². The van der Waals surface area contributed by atoms with Crippen LogP contribution in [0, 0.1) is 5.82 Å². The van der Waals surface area contributed by atoms with Gasteiger partial charge in [0.2, 0.25) is 10.0 Å². The number of nitrogens with one attached hydrogen (secondary N) is 1. The molecule has 0 bridgehead atoms. The lowest BCUT2D eigenvalue weighted by molar-refractivity contribution is -0.138. The Morgan fingerprint density at radius 1 is 1.61 bits per heavy atom. The van der Waals surface area contributed by atoms with Gasteiger partial charge in [-0.25, -0.2) is 17.6 Å². The Bertz CT molecular complexity index is 940. The van der Waals surface area contributed by atoms with E-state index in [4.69, 9.17) is 23.2 Å². The van der Waals surface area contributed by atoms with Gasteiger partial charge in [0.05, 0.1) is 24.3 Å². The molecule has 0 saturated heterocycles. The average Bonchev–Trinajstić information content (AvgIpc) is 2.52. The van der Waals surface area contributed by atoms with E-state index in [2.05, 4.69) is 0 Å². The highest BCUT2D eigenvalue weighted by atomic mass is 35.5. The van der Waals surface area contributed by atoms with Crippen molar-refractivity contribution >= 4 is 33.3 Å². The monoisotopic (exact) mass is 366 g/mol. The van der Waals surface area contributed by atoms with Gasteiger partial charge in [0.25, 0.3) is 0 Å². The second-order valence-electron chi connectivity index (χ2n) is 4.39. The van der Waals surface area contributed by atoms with E-state index in [1.165, 1.54) is 6.92 Å². The van der Waals surface area contributed by atoms with Crippen LogP contribution < -0.4 is 4.72 Å². The summed E-state index contributed by atoms with van der Waals surface area (Å²) in [5.74, 6) is -2.08. The number of hydrogen-bond acceptors (Lipinski definition) is 4. The summed E-state index contributed by atoms with van der Waals surface area (Å²) in [6, 6.07) is 2.69. The molecule has 1 N–H and O–H groups in total. The number of allylic oxidation sites excluding steroid dienone is 1. The van der Waals surface area contributed by atoms with E-state index in [1.54, 1.807) is 0 Å². The van der Waals surface area contributed by atoms with E-state index >= 15 is 0 Å². The van der Waals surface area contributed by atoms with Gasteiger partial charge in [-0.15, -0.1) is 0 Å². The number of ether oxygens (including phenoxy) is 1. The first-order chi connectivity index (χ1) is 12.7. The van der Waals surface area contributed by atoms with Gasteiger partial charge < -0.3 is 4.74 Å². The van der Waals surface area contributed by atoms with E-state index in [9.17, 15) is 17.6 Å². The van der Waals surface area contributed by atoms with Gasteiger partial charge in [-0.2, -0.15) is 0 Å². The van der Waals surface area contributed by atoms with Crippen molar-refractivity contribution in [2.75, 3.05) is 11.3 Å². The van der Waals surface area contributed by atoms with Crippen molar-refractivity contribution in [2.24, 2.45) is 0 Å². The molecule has 0 aromatic heterocycles. The number of carbonyl (C=O) groups is 1. The Balaban J connectivity index is 2.66. The highest BCUT2D eigenvalue weighted by molar-refractivity contribution is 7.93. The zero-order valence-electron chi connectivity index (χ0n) is 17.0. The summed E-state index contributed by atoms with van der Waals surface area (Å²) >= 11 is 5.80. The van der Waals surface area contributed by atoms with Crippen LogP contribution in [-0.2, 0) is 19.6 Å². The zero-order chi connectivity index (χ0) is 21.5. The summed E-state index contributed by atoms with van der Waals surface area (Å²) in [4.78, 5) is 12.3. The summed E-state index contributed by atoms with van der Waals surface area (Å²) in [5.41, 5.74) is -1.33. The van der Waals surface area contributed by atoms with Crippen molar-refractivity contribution in [2.45, 2.75) is 31.3 Å². The highest BCUT2D eigenvalue weighted by Crippen LogP contribution is 2.30. The van der Waals surface area contributed by atoms with Crippen LogP contribution in [0.2, 0.25) is 5.02 Å². The third kappa shape index (κ3) is 4.23. The molecule has 23 heavy (non-hydrogen) atoms. The average molecular weight is 367 g/mol. The first kappa shape index (κ1) is 11.9. The molecule has 0 radical (unpaired) electrons. The third-order valence-electron chi connectivity index (χ3n) is 2.78. The number of esters is 1. The molecule has 1 aliphatic rings. The molecule has 0 saturated carbocycles. The Morgan fingerprint density at radius 3 is 3.00 bits per heavy atom. The van der Waals surface area contributed by atoms with Crippen LogP contribution in [0.25, 0.3) is 0 Å². The molecule has 0 amide bonds. The smallest absolute Gasteiger partial charge is 0.335 e. The lowest BCUT2D eigenvalue weighted by Crippen LogP contribution is -2.34. The number of carbonyl (C=O) groups excluding carboxylic acids is 1. The minimum Gasteiger partial charge on any atom is -0.463 e.